The number of carbonyl (C=O) groups is 1. The van der Waals surface area contributed by atoms with E-state index in [-0.39, 0.29) is 11.9 Å². The van der Waals surface area contributed by atoms with Gasteiger partial charge in [0.05, 0.1) is 0 Å². The van der Waals surface area contributed by atoms with Crippen molar-refractivity contribution < 1.29 is 4.79 Å². The number of anilines is 1. The average molecular weight is 233 g/mol. The molecule has 0 aliphatic carbocycles. The Morgan fingerprint density at radius 1 is 1.18 bits per heavy atom. The van der Waals surface area contributed by atoms with Crippen LogP contribution in [0, 0.1) is 0 Å². The van der Waals surface area contributed by atoms with Gasteiger partial charge in [-0.25, -0.2) is 0 Å². The Morgan fingerprint density at radius 2 is 1.88 bits per heavy atom. The zero-order valence-corrected chi connectivity index (χ0v) is 10.4. The summed E-state index contributed by atoms with van der Waals surface area (Å²) in [6.45, 7) is 1.54. The van der Waals surface area contributed by atoms with Gasteiger partial charge in [-0.05, 0) is 17.7 Å². The molecule has 1 aliphatic rings. The Kier molecular flexibility index (Phi) is 3.64. The number of carbonyl (C=O) groups excluding carboxylic acids is 1. The Morgan fingerprint density at radius 3 is 2.53 bits per heavy atom. The molecule has 1 aliphatic heterocycles. The van der Waals surface area contributed by atoms with Crippen LogP contribution in [0.5, 0.6) is 0 Å². The molecule has 92 valence electrons. The summed E-state index contributed by atoms with van der Waals surface area (Å²) >= 11 is 0. The quantitative estimate of drug-likeness (QED) is 0.798. The van der Waals surface area contributed by atoms with Crippen LogP contribution in [-0.2, 0) is 4.79 Å². The molecule has 1 amide bonds. The highest BCUT2D eigenvalue weighted by molar-refractivity contribution is 5.77. The van der Waals surface area contributed by atoms with Crippen LogP contribution in [0.1, 0.15) is 18.0 Å². The van der Waals surface area contributed by atoms with E-state index in [9.17, 15) is 4.79 Å². The van der Waals surface area contributed by atoms with Crippen LogP contribution in [0.3, 0.4) is 0 Å². The molecule has 1 aromatic rings. The Balaban J connectivity index is 2.12. The third kappa shape index (κ3) is 2.97. The topological polar surface area (TPSA) is 44.4 Å². The first-order valence-electron chi connectivity index (χ1n) is 5.94. The number of rotatable bonds is 2. The van der Waals surface area contributed by atoms with Crippen LogP contribution in [0.15, 0.2) is 24.3 Å². The van der Waals surface area contributed by atoms with E-state index in [1.165, 1.54) is 11.3 Å². The van der Waals surface area contributed by atoms with E-state index in [4.69, 9.17) is 0 Å². The molecule has 0 spiro atoms. The van der Waals surface area contributed by atoms with Gasteiger partial charge in [-0.3, -0.25) is 4.79 Å². The predicted molar refractivity (Wildman–Crippen MR) is 69.1 cm³/mol. The zero-order valence-electron chi connectivity index (χ0n) is 10.4. The number of hydrogen-bond donors (Lipinski definition) is 2. The molecule has 0 radical (unpaired) electrons. The fourth-order valence-corrected chi connectivity index (χ4v) is 2.02. The molecule has 4 heteroatoms. The van der Waals surface area contributed by atoms with Gasteiger partial charge in [0.15, 0.2) is 0 Å². The van der Waals surface area contributed by atoms with E-state index in [2.05, 4.69) is 39.8 Å². The summed E-state index contributed by atoms with van der Waals surface area (Å²) in [5.41, 5.74) is 2.35. The van der Waals surface area contributed by atoms with E-state index < -0.39 is 0 Å². The maximum absolute atomic E-state index is 11.5. The maximum Gasteiger partial charge on any atom is 0.221 e. The lowest BCUT2D eigenvalue weighted by molar-refractivity contribution is -0.121. The molecule has 1 fully saturated rings. The van der Waals surface area contributed by atoms with Crippen LogP contribution in [0.4, 0.5) is 5.69 Å². The highest BCUT2D eigenvalue weighted by Gasteiger charge is 2.18. The molecule has 1 unspecified atom stereocenters. The van der Waals surface area contributed by atoms with Crippen molar-refractivity contribution in [1.29, 1.82) is 0 Å². The normalized spacial score (nSPS) is 20.6. The smallest absolute Gasteiger partial charge is 0.221 e. The minimum atomic E-state index is 0.122. The predicted octanol–water partition coefficient (Wildman–Crippen LogP) is 0.903. The van der Waals surface area contributed by atoms with E-state index in [0.29, 0.717) is 13.0 Å². The molecule has 1 saturated heterocycles. The summed E-state index contributed by atoms with van der Waals surface area (Å²) < 4.78 is 0. The molecule has 17 heavy (non-hydrogen) atoms. The van der Waals surface area contributed by atoms with Gasteiger partial charge in [-0.15, -0.1) is 0 Å². The van der Waals surface area contributed by atoms with Gasteiger partial charge in [-0.1, -0.05) is 12.1 Å². The first-order chi connectivity index (χ1) is 8.16. The van der Waals surface area contributed by atoms with Crippen molar-refractivity contribution in [3.8, 4) is 0 Å². The van der Waals surface area contributed by atoms with E-state index in [0.717, 1.165) is 6.54 Å². The van der Waals surface area contributed by atoms with E-state index >= 15 is 0 Å². The van der Waals surface area contributed by atoms with Gasteiger partial charge in [0.1, 0.15) is 0 Å². The molecule has 2 rings (SSSR count). The molecular formula is C13H19N3O. The average Bonchev–Trinajstić information content (AvgIpc) is 2.54. The van der Waals surface area contributed by atoms with Crippen molar-refractivity contribution in [2.24, 2.45) is 0 Å². The second-order valence-corrected chi connectivity index (χ2v) is 4.55. The van der Waals surface area contributed by atoms with Gasteiger partial charge in [-0.2, -0.15) is 0 Å². The van der Waals surface area contributed by atoms with Gasteiger partial charge in [0.2, 0.25) is 5.91 Å². The first-order valence-corrected chi connectivity index (χ1v) is 5.94. The lowest BCUT2D eigenvalue weighted by Gasteiger charge is -2.17. The summed E-state index contributed by atoms with van der Waals surface area (Å²) in [4.78, 5) is 13.5. The highest BCUT2D eigenvalue weighted by Crippen LogP contribution is 2.20. The van der Waals surface area contributed by atoms with Gasteiger partial charge in [0, 0.05) is 45.3 Å². The molecule has 0 aromatic heterocycles. The van der Waals surface area contributed by atoms with Crippen molar-refractivity contribution in [1.82, 2.24) is 10.6 Å². The van der Waals surface area contributed by atoms with Gasteiger partial charge < -0.3 is 15.5 Å². The fourth-order valence-electron chi connectivity index (χ4n) is 2.02. The van der Waals surface area contributed by atoms with Crippen LogP contribution < -0.4 is 15.5 Å². The second kappa shape index (κ2) is 5.19. The van der Waals surface area contributed by atoms with Gasteiger partial charge in [0.25, 0.3) is 0 Å². The second-order valence-electron chi connectivity index (χ2n) is 4.55. The summed E-state index contributed by atoms with van der Waals surface area (Å²) in [5, 5.41) is 6.24. The zero-order chi connectivity index (χ0) is 12.3. The minimum Gasteiger partial charge on any atom is -0.378 e. The largest absolute Gasteiger partial charge is 0.378 e. The molecule has 2 N–H and O–H groups in total. The molecule has 1 heterocycles. The first kappa shape index (κ1) is 11.9. The van der Waals surface area contributed by atoms with E-state index in [1.54, 1.807) is 0 Å². The molecule has 4 nitrogen and oxygen atoms in total. The summed E-state index contributed by atoms with van der Waals surface area (Å²) in [6.07, 6.45) is 0.515. The van der Waals surface area contributed by atoms with Crippen molar-refractivity contribution in [2.75, 3.05) is 32.1 Å². The number of nitrogens with zero attached hydrogens (tertiary/aromatic N) is 1. The SMILES string of the molecule is CN(C)c1ccc(C2CC(=O)NCCN2)cc1. The van der Waals surface area contributed by atoms with Crippen molar-refractivity contribution in [3.05, 3.63) is 29.8 Å². The van der Waals surface area contributed by atoms with Gasteiger partial charge >= 0.3 is 0 Å². The van der Waals surface area contributed by atoms with Crippen LogP contribution in [-0.4, -0.2) is 33.1 Å². The van der Waals surface area contributed by atoms with Crippen molar-refractivity contribution in [3.63, 3.8) is 0 Å². The molecule has 0 bridgehead atoms. The fraction of sp³-hybridized carbons (Fsp3) is 0.462. The highest BCUT2D eigenvalue weighted by atomic mass is 16.1. The molecule has 1 aromatic carbocycles. The molecular weight excluding hydrogens is 214 g/mol. The third-order valence-corrected chi connectivity index (χ3v) is 3.04. The van der Waals surface area contributed by atoms with Crippen LogP contribution in [0.25, 0.3) is 0 Å². The number of benzene rings is 1. The molecule has 1 atom stereocenters. The third-order valence-electron chi connectivity index (χ3n) is 3.04. The summed E-state index contributed by atoms with van der Waals surface area (Å²) in [7, 11) is 4.04. The lowest BCUT2D eigenvalue weighted by atomic mass is 10.0. The minimum absolute atomic E-state index is 0.122. The van der Waals surface area contributed by atoms with Crippen molar-refractivity contribution >= 4 is 11.6 Å². The number of hydrogen-bond acceptors (Lipinski definition) is 3. The Hall–Kier alpha value is -1.55. The van der Waals surface area contributed by atoms with Crippen LogP contribution >= 0.6 is 0 Å². The summed E-state index contributed by atoms with van der Waals surface area (Å²) in [6, 6.07) is 8.48. The van der Waals surface area contributed by atoms with Crippen molar-refractivity contribution in [2.45, 2.75) is 12.5 Å². The Bertz CT molecular complexity index is 386. The maximum atomic E-state index is 11.5. The number of amides is 1. The monoisotopic (exact) mass is 233 g/mol. The standard InChI is InChI=1S/C13H19N3O/c1-16(2)11-5-3-10(4-6-11)12-9-13(17)15-8-7-14-12/h3-6,12,14H,7-9H2,1-2H3,(H,15,17). The van der Waals surface area contributed by atoms with E-state index in [1.807, 2.05) is 14.1 Å². The Labute approximate surface area is 102 Å². The lowest BCUT2D eigenvalue weighted by Crippen LogP contribution is -2.24. The molecule has 0 saturated carbocycles. The summed E-state index contributed by atoms with van der Waals surface area (Å²) in [5.74, 6) is 0.122. The number of nitrogens with one attached hydrogen (secondary N) is 2. The van der Waals surface area contributed by atoms with Crippen LogP contribution in [0.2, 0.25) is 0 Å².